The summed E-state index contributed by atoms with van der Waals surface area (Å²) in [6, 6.07) is 4.16. The van der Waals surface area contributed by atoms with E-state index in [2.05, 4.69) is 11.9 Å². The van der Waals surface area contributed by atoms with Crippen molar-refractivity contribution in [1.82, 2.24) is 9.88 Å². The van der Waals surface area contributed by atoms with E-state index in [9.17, 15) is 4.79 Å². The first kappa shape index (κ1) is 14.3. The van der Waals surface area contributed by atoms with Gasteiger partial charge in [-0.1, -0.05) is 19.8 Å². The minimum absolute atomic E-state index is 0.0363. The van der Waals surface area contributed by atoms with Crippen LogP contribution in [0.5, 0.6) is 0 Å². The summed E-state index contributed by atoms with van der Waals surface area (Å²) >= 11 is 1.45. The molecule has 2 aromatic heterocycles. The van der Waals surface area contributed by atoms with Crippen LogP contribution in [0.3, 0.4) is 0 Å². The van der Waals surface area contributed by atoms with Crippen LogP contribution >= 0.6 is 11.3 Å². The maximum Gasteiger partial charge on any atom is 0.266 e. The molecule has 1 aliphatic rings. The second-order valence-electron chi connectivity index (χ2n) is 5.94. The second kappa shape index (κ2) is 5.64. The molecule has 2 aromatic rings. The average Bonchev–Trinajstić information content (AvgIpc) is 2.84. The molecule has 0 aromatic carbocycles. The van der Waals surface area contributed by atoms with E-state index in [1.165, 1.54) is 30.6 Å². The summed E-state index contributed by atoms with van der Waals surface area (Å²) in [4.78, 5) is 19.6. The third-order valence-corrected chi connectivity index (χ3v) is 5.71. The van der Waals surface area contributed by atoms with Crippen LogP contribution in [0.15, 0.2) is 18.3 Å². The van der Waals surface area contributed by atoms with Crippen LogP contribution in [-0.2, 0) is 0 Å². The minimum Gasteiger partial charge on any atom is -0.396 e. The number of fused-ring (bicyclic) bond motifs is 1. The lowest BCUT2D eigenvalue weighted by atomic mass is 9.85. The Morgan fingerprint density at radius 2 is 2.19 bits per heavy atom. The topological polar surface area (TPSA) is 59.2 Å². The largest absolute Gasteiger partial charge is 0.396 e. The minimum atomic E-state index is 0.0363. The molecule has 1 saturated carbocycles. The monoisotopic (exact) mass is 303 g/mol. The van der Waals surface area contributed by atoms with Gasteiger partial charge < -0.3 is 10.6 Å². The Balaban J connectivity index is 1.91. The van der Waals surface area contributed by atoms with E-state index in [1.807, 2.05) is 24.1 Å². The fourth-order valence-electron chi connectivity index (χ4n) is 3.29. The van der Waals surface area contributed by atoms with Gasteiger partial charge in [-0.2, -0.15) is 0 Å². The van der Waals surface area contributed by atoms with E-state index < -0.39 is 0 Å². The molecule has 2 N–H and O–H groups in total. The van der Waals surface area contributed by atoms with Crippen molar-refractivity contribution in [2.45, 2.75) is 38.6 Å². The van der Waals surface area contributed by atoms with Crippen molar-refractivity contribution in [3.63, 3.8) is 0 Å². The van der Waals surface area contributed by atoms with Gasteiger partial charge in [0.2, 0.25) is 0 Å². The van der Waals surface area contributed by atoms with E-state index in [0.717, 1.165) is 16.6 Å². The number of thiophene rings is 1. The van der Waals surface area contributed by atoms with Gasteiger partial charge in [0.1, 0.15) is 10.4 Å². The molecule has 112 valence electrons. The molecule has 4 nitrogen and oxygen atoms in total. The third kappa shape index (κ3) is 2.50. The molecule has 2 atom stereocenters. The lowest BCUT2D eigenvalue weighted by Gasteiger charge is -2.36. The smallest absolute Gasteiger partial charge is 0.266 e. The molecule has 1 fully saturated rings. The van der Waals surface area contributed by atoms with Crippen molar-refractivity contribution in [2.24, 2.45) is 5.92 Å². The molecule has 5 heteroatoms. The average molecular weight is 303 g/mol. The van der Waals surface area contributed by atoms with Crippen LogP contribution in [0.1, 0.15) is 42.3 Å². The zero-order chi connectivity index (χ0) is 15.0. The number of nitrogens with zero attached hydrogens (tertiary/aromatic N) is 2. The first-order valence-electron chi connectivity index (χ1n) is 7.49. The Bertz CT molecular complexity index is 667. The highest BCUT2D eigenvalue weighted by Crippen LogP contribution is 2.34. The highest BCUT2D eigenvalue weighted by Gasteiger charge is 2.30. The van der Waals surface area contributed by atoms with Crippen molar-refractivity contribution in [2.75, 3.05) is 12.8 Å². The SMILES string of the molecule is CC1CCCCC1N(C)C(=O)c1sc2cccnc2c1N. The maximum absolute atomic E-state index is 12.8. The van der Waals surface area contributed by atoms with Crippen LogP contribution in [0.2, 0.25) is 0 Å². The molecule has 2 heterocycles. The van der Waals surface area contributed by atoms with Crippen molar-refractivity contribution >= 4 is 33.1 Å². The first-order chi connectivity index (χ1) is 10.1. The number of hydrogen-bond donors (Lipinski definition) is 1. The van der Waals surface area contributed by atoms with E-state index >= 15 is 0 Å². The summed E-state index contributed by atoms with van der Waals surface area (Å²) in [5.41, 5.74) is 7.41. The van der Waals surface area contributed by atoms with Crippen LogP contribution in [0.4, 0.5) is 5.69 Å². The Kier molecular flexibility index (Phi) is 3.85. The number of rotatable bonds is 2. The van der Waals surface area contributed by atoms with Crippen molar-refractivity contribution in [3.8, 4) is 0 Å². The lowest BCUT2D eigenvalue weighted by Crippen LogP contribution is -2.42. The summed E-state index contributed by atoms with van der Waals surface area (Å²) in [5, 5.41) is 0. The summed E-state index contributed by atoms with van der Waals surface area (Å²) in [6.07, 6.45) is 6.48. The van der Waals surface area contributed by atoms with E-state index in [1.54, 1.807) is 6.20 Å². The summed E-state index contributed by atoms with van der Waals surface area (Å²) in [7, 11) is 1.91. The molecule has 0 aliphatic heterocycles. The molecule has 0 saturated heterocycles. The zero-order valence-corrected chi connectivity index (χ0v) is 13.3. The number of pyridine rings is 1. The number of aromatic nitrogens is 1. The maximum atomic E-state index is 12.8. The van der Waals surface area contributed by atoms with Crippen LogP contribution in [0, 0.1) is 5.92 Å². The number of hydrogen-bond acceptors (Lipinski definition) is 4. The van der Waals surface area contributed by atoms with Gasteiger partial charge in [-0.15, -0.1) is 11.3 Å². The molecule has 3 rings (SSSR count). The van der Waals surface area contributed by atoms with E-state index in [4.69, 9.17) is 5.73 Å². The predicted octanol–water partition coefficient (Wildman–Crippen LogP) is 3.53. The summed E-state index contributed by atoms with van der Waals surface area (Å²) in [5.74, 6) is 0.593. The van der Waals surface area contributed by atoms with E-state index in [0.29, 0.717) is 22.5 Å². The van der Waals surface area contributed by atoms with Gasteiger partial charge in [0.05, 0.1) is 10.4 Å². The van der Waals surface area contributed by atoms with Crippen LogP contribution in [-0.4, -0.2) is 28.9 Å². The highest BCUT2D eigenvalue weighted by molar-refractivity contribution is 7.21. The van der Waals surface area contributed by atoms with E-state index in [-0.39, 0.29) is 5.91 Å². The molecule has 0 spiro atoms. The van der Waals surface area contributed by atoms with Gasteiger partial charge in [-0.3, -0.25) is 9.78 Å². The number of amides is 1. The number of carbonyl (C=O) groups excluding carboxylic acids is 1. The lowest BCUT2D eigenvalue weighted by molar-refractivity contribution is 0.0635. The van der Waals surface area contributed by atoms with Gasteiger partial charge in [-0.25, -0.2) is 0 Å². The van der Waals surface area contributed by atoms with Crippen molar-refractivity contribution < 1.29 is 4.79 Å². The molecule has 0 radical (unpaired) electrons. The number of anilines is 1. The molecule has 1 amide bonds. The predicted molar refractivity (Wildman–Crippen MR) is 87.5 cm³/mol. The zero-order valence-electron chi connectivity index (χ0n) is 12.5. The second-order valence-corrected chi connectivity index (χ2v) is 6.99. The molecular weight excluding hydrogens is 282 g/mol. The van der Waals surface area contributed by atoms with Crippen molar-refractivity contribution in [1.29, 1.82) is 0 Å². The van der Waals surface area contributed by atoms with Crippen LogP contribution < -0.4 is 5.73 Å². The quantitative estimate of drug-likeness (QED) is 0.923. The van der Waals surface area contributed by atoms with Gasteiger partial charge in [0.15, 0.2) is 0 Å². The Morgan fingerprint density at radius 3 is 2.90 bits per heavy atom. The molecular formula is C16H21N3OS. The first-order valence-corrected chi connectivity index (χ1v) is 8.31. The normalized spacial score (nSPS) is 22.4. The Morgan fingerprint density at radius 1 is 1.43 bits per heavy atom. The molecule has 1 aliphatic carbocycles. The Labute approximate surface area is 129 Å². The number of nitrogen functional groups attached to an aromatic ring is 1. The van der Waals surface area contributed by atoms with Gasteiger partial charge >= 0.3 is 0 Å². The molecule has 0 bridgehead atoms. The van der Waals surface area contributed by atoms with Crippen LogP contribution in [0.25, 0.3) is 10.2 Å². The van der Waals surface area contributed by atoms with Gasteiger partial charge in [0, 0.05) is 19.3 Å². The fraction of sp³-hybridized carbons (Fsp3) is 0.500. The standard InChI is InChI=1S/C16H21N3OS/c1-10-6-3-4-7-11(10)19(2)16(20)15-13(17)14-12(21-15)8-5-9-18-14/h5,8-11H,3-4,6-7,17H2,1-2H3. The highest BCUT2D eigenvalue weighted by atomic mass is 32.1. The fourth-order valence-corrected chi connectivity index (χ4v) is 4.35. The summed E-state index contributed by atoms with van der Waals surface area (Å²) < 4.78 is 0.975. The van der Waals surface area contributed by atoms with Crippen molar-refractivity contribution in [3.05, 3.63) is 23.2 Å². The third-order valence-electron chi connectivity index (χ3n) is 4.56. The molecule has 21 heavy (non-hydrogen) atoms. The number of nitrogens with two attached hydrogens (primary N) is 1. The van der Waals surface area contributed by atoms with Gasteiger partial charge in [-0.05, 0) is 30.9 Å². The number of carbonyl (C=O) groups is 1. The van der Waals surface area contributed by atoms with Gasteiger partial charge in [0.25, 0.3) is 5.91 Å². The Hall–Kier alpha value is -1.62. The summed E-state index contributed by atoms with van der Waals surface area (Å²) in [6.45, 7) is 2.24. The molecule has 2 unspecified atom stereocenters.